The van der Waals surface area contributed by atoms with Crippen LogP contribution in [0.2, 0.25) is 0 Å². The molecular formula is C22H30N4O2. The number of aromatic nitrogens is 1. The number of carbonyl (C=O) groups excluding carboxylic acids is 2. The minimum atomic E-state index is -0.450. The van der Waals surface area contributed by atoms with Crippen molar-refractivity contribution in [2.24, 2.45) is 11.1 Å². The summed E-state index contributed by atoms with van der Waals surface area (Å²) in [4.78, 5) is 31.3. The third-order valence-electron chi connectivity index (χ3n) is 6.46. The SMILES string of the molecule is CC(C)(C)C(=O)CN1[C@@H]2CC[C@H]1CC(Nc1c(C(N)=O)cnc3c1C=CC3)C2. The number of carbonyl (C=O) groups is 2. The predicted octanol–water partition coefficient (Wildman–Crippen LogP) is 2.77. The van der Waals surface area contributed by atoms with E-state index in [4.69, 9.17) is 5.73 Å². The lowest BCUT2D eigenvalue weighted by molar-refractivity contribution is -0.128. The summed E-state index contributed by atoms with van der Waals surface area (Å²) in [5.41, 5.74) is 8.59. The van der Waals surface area contributed by atoms with Crippen LogP contribution in [0.25, 0.3) is 6.08 Å². The second-order valence-corrected chi connectivity index (χ2v) is 9.42. The lowest BCUT2D eigenvalue weighted by atomic mass is 9.89. The second kappa shape index (κ2) is 6.99. The van der Waals surface area contributed by atoms with E-state index in [1.807, 2.05) is 26.8 Å². The van der Waals surface area contributed by atoms with Gasteiger partial charge in [0, 0.05) is 41.7 Å². The fourth-order valence-electron chi connectivity index (χ4n) is 4.80. The van der Waals surface area contributed by atoms with E-state index in [-0.39, 0.29) is 11.5 Å². The van der Waals surface area contributed by atoms with Crippen LogP contribution >= 0.6 is 0 Å². The molecule has 3 atom stereocenters. The smallest absolute Gasteiger partial charge is 0.252 e. The van der Waals surface area contributed by atoms with Crippen molar-refractivity contribution in [1.29, 1.82) is 0 Å². The molecule has 0 radical (unpaired) electrons. The molecule has 1 aliphatic carbocycles. The molecule has 2 fully saturated rings. The first-order valence-electron chi connectivity index (χ1n) is 10.3. The lowest BCUT2D eigenvalue weighted by Crippen LogP contribution is -2.50. The topological polar surface area (TPSA) is 88.3 Å². The predicted molar refractivity (Wildman–Crippen MR) is 110 cm³/mol. The minimum Gasteiger partial charge on any atom is -0.381 e. The highest BCUT2D eigenvalue weighted by Crippen LogP contribution is 2.39. The molecule has 3 N–H and O–H groups in total. The van der Waals surface area contributed by atoms with E-state index in [2.05, 4.69) is 21.3 Å². The normalized spacial score (nSPS) is 26.3. The number of nitrogens with zero attached hydrogens (tertiary/aromatic N) is 2. The summed E-state index contributed by atoms with van der Waals surface area (Å²) in [6.07, 6.45) is 10.7. The summed E-state index contributed by atoms with van der Waals surface area (Å²) >= 11 is 0. The van der Waals surface area contributed by atoms with Gasteiger partial charge in [-0.05, 0) is 25.7 Å². The highest BCUT2D eigenvalue weighted by Gasteiger charge is 2.42. The molecule has 6 nitrogen and oxygen atoms in total. The third kappa shape index (κ3) is 3.46. The van der Waals surface area contributed by atoms with Crippen LogP contribution < -0.4 is 11.1 Å². The van der Waals surface area contributed by atoms with Gasteiger partial charge in [-0.1, -0.05) is 32.9 Å². The van der Waals surface area contributed by atoms with Gasteiger partial charge in [-0.15, -0.1) is 0 Å². The molecule has 4 rings (SSSR count). The minimum absolute atomic E-state index is 0.275. The lowest BCUT2D eigenvalue weighted by Gasteiger charge is -2.40. The van der Waals surface area contributed by atoms with E-state index in [9.17, 15) is 9.59 Å². The summed E-state index contributed by atoms with van der Waals surface area (Å²) < 4.78 is 0. The molecule has 3 aliphatic rings. The van der Waals surface area contributed by atoms with Crippen molar-refractivity contribution in [1.82, 2.24) is 9.88 Å². The van der Waals surface area contributed by atoms with Crippen molar-refractivity contribution in [3.63, 3.8) is 0 Å². The standard InChI is InChI=1S/C22H30N4O2/c1-22(2,3)19(27)12-26-14-7-8-15(26)10-13(9-14)25-20-16-5-4-6-18(16)24-11-17(20)21(23)28/h4-5,11,13-15H,6-10,12H2,1-3H3,(H2,23,28)(H,24,25)/t13?,14-,15+. The van der Waals surface area contributed by atoms with Gasteiger partial charge in [-0.3, -0.25) is 19.5 Å². The molecule has 3 heterocycles. The van der Waals surface area contributed by atoms with E-state index in [1.165, 1.54) is 0 Å². The molecule has 1 aromatic heterocycles. The first kappa shape index (κ1) is 19.1. The van der Waals surface area contributed by atoms with Crippen molar-refractivity contribution in [3.8, 4) is 0 Å². The van der Waals surface area contributed by atoms with Crippen LogP contribution in [0, 0.1) is 5.41 Å². The summed E-state index contributed by atoms with van der Waals surface area (Å²) in [7, 11) is 0. The number of rotatable bonds is 5. The highest BCUT2D eigenvalue weighted by atomic mass is 16.1. The Hall–Kier alpha value is -2.21. The van der Waals surface area contributed by atoms with Crippen LogP contribution in [0.1, 0.15) is 68.1 Å². The molecule has 6 heteroatoms. The van der Waals surface area contributed by atoms with E-state index in [1.54, 1.807) is 6.20 Å². The number of primary amides is 1. The van der Waals surface area contributed by atoms with Gasteiger partial charge >= 0.3 is 0 Å². The van der Waals surface area contributed by atoms with Crippen molar-refractivity contribution in [3.05, 3.63) is 29.1 Å². The Kier molecular flexibility index (Phi) is 4.78. The van der Waals surface area contributed by atoms with Gasteiger partial charge < -0.3 is 11.1 Å². The van der Waals surface area contributed by atoms with Crippen molar-refractivity contribution < 1.29 is 9.59 Å². The number of pyridine rings is 1. The van der Waals surface area contributed by atoms with Gasteiger partial charge in [0.05, 0.1) is 23.5 Å². The van der Waals surface area contributed by atoms with Crippen LogP contribution in [0.15, 0.2) is 12.3 Å². The summed E-state index contributed by atoms with van der Waals surface area (Å²) in [5, 5.41) is 3.63. The van der Waals surface area contributed by atoms with Gasteiger partial charge in [0.1, 0.15) is 0 Å². The first-order chi connectivity index (χ1) is 13.2. The number of anilines is 1. The molecule has 0 aromatic carbocycles. The quantitative estimate of drug-likeness (QED) is 0.817. The number of nitrogens with two attached hydrogens (primary N) is 1. The number of amides is 1. The zero-order valence-corrected chi connectivity index (χ0v) is 17.0. The molecular weight excluding hydrogens is 352 g/mol. The van der Waals surface area contributed by atoms with Gasteiger partial charge in [0.15, 0.2) is 5.78 Å². The molecule has 2 saturated heterocycles. The third-order valence-corrected chi connectivity index (χ3v) is 6.46. The summed E-state index contributed by atoms with van der Waals surface area (Å²) in [6, 6.07) is 1.12. The van der Waals surface area contributed by atoms with Gasteiger partial charge in [-0.25, -0.2) is 0 Å². The summed E-state index contributed by atoms with van der Waals surface area (Å²) in [5.74, 6) is -0.141. The Labute approximate surface area is 166 Å². The number of allylic oxidation sites excluding steroid dienone is 1. The fraction of sp³-hybridized carbons (Fsp3) is 0.591. The molecule has 0 spiro atoms. The molecule has 28 heavy (non-hydrogen) atoms. The number of hydrogen-bond acceptors (Lipinski definition) is 5. The van der Waals surface area contributed by atoms with Gasteiger partial charge in [-0.2, -0.15) is 0 Å². The first-order valence-corrected chi connectivity index (χ1v) is 10.3. The number of nitrogens with one attached hydrogen (secondary N) is 1. The van der Waals surface area contributed by atoms with E-state index in [0.717, 1.165) is 49.0 Å². The number of Topliss-reactive ketones (excluding diaryl/α,β-unsaturated/α-hetero) is 1. The molecule has 0 saturated carbocycles. The van der Waals surface area contributed by atoms with E-state index < -0.39 is 5.91 Å². The molecule has 1 unspecified atom stereocenters. The van der Waals surface area contributed by atoms with Crippen LogP contribution in [0.4, 0.5) is 5.69 Å². The van der Waals surface area contributed by atoms with Crippen molar-refractivity contribution in [2.75, 3.05) is 11.9 Å². The van der Waals surface area contributed by atoms with Crippen LogP contribution in [-0.4, -0.2) is 46.2 Å². The van der Waals surface area contributed by atoms with Crippen LogP contribution in [0.5, 0.6) is 0 Å². The van der Waals surface area contributed by atoms with E-state index >= 15 is 0 Å². The van der Waals surface area contributed by atoms with Crippen LogP contribution in [0.3, 0.4) is 0 Å². The van der Waals surface area contributed by atoms with Gasteiger partial charge in [0.25, 0.3) is 5.91 Å². The van der Waals surface area contributed by atoms with Crippen molar-refractivity contribution in [2.45, 2.75) is 71.0 Å². The molecule has 2 aliphatic heterocycles. The average Bonchev–Trinajstić information content (AvgIpc) is 3.17. The summed E-state index contributed by atoms with van der Waals surface area (Å²) in [6.45, 7) is 6.53. The van der Waals surface area contributed by atoms with Crippen LogP contribution in [-0.2, 0) is 11.2 Å². The Morgan fingerprint density at radius 1 is 1.25 bits per heavy atom. The maximum absolute atomic E-state index is 12.5. The molecule has 1 amide bonds. The maximum Gasteiger partial charge on any atom is 0.252 e. The largest absolute Gasteiger partial charge is 0.381 e. The number of hydrogen-bond donors (Lipinski definition) is 2. The Balaban J connectivity index is 1.51. The monoisotopic (exact) mass is 382 g/mol. The fourth-order valence-corrected chi connectivity index (χ4v) is 4.80. The van der Waals surface area contributed by atoms with Gasteiger partial charge in [0.2, 0.25) is 0 Å². The Morgan fingerprint density at radius 2 is 1.93 bits per heavy atom. The highest BCUT2D eigenvalue weighted by molar-refractivity contribution is 6.00. The Bertz CT molecular complexity index is 826. The molecule has 2 bridgehead atoms. The number of piperidine rings is 1. The molecule has 150 valence electrons. The van der Waals surface area contributed by atoms with Crippen molar-refractivity contribution >= 4 is 23.5 Å². The number of fused-ring (bicyclic) bond motifs is 3. The zero-order chi connectivity index (χ0) is 20.1. The maximum atomic E-state index is 12.5. The molecule has 1 aromatic rings. The van der Waals surface area contributed by atoms with E-state index in [0.29, 0.717) is 30.0 Å². The zero-order valence-electron chi connectivity index (χ0n) is 17.0. The number of ketones is 1. The average molecular weight is 383 g/mol. The Morgan fingerprint density at radius 3 is 2.54 bits per heavy atom. The second-order valence-electron chi connectivity index (χ2n) is 9.42.